The van der Waals surface area contributed by atoms with Crippen molar-refractivity contribution in [2.45, 2.75) is 32.0 Å². The van der Waals surface area contributed by atoms with Crippen LogP contribution in [-0.4, -0.2) is 39.1 Å². The van der Waals surface area contributed by atoms with E-state index in [1.807, 2.05) is 30.3 Å². The van der Waals surface area contributed by atoms with E-state index in [4.69, 9.17) is 5.73 Å². The smallest absolute Gasteiger partial charge is 0.331 e. The maximum absolute atomic E-state index is 12.6. The van der Waals surface area contributed by atoms with Crippen LogP contribution in [0.2, 0.25) is 0 Å². The van der Waals surface area contributed by atoms with Crippen molar-refractivity contribution in [1.29, 1.82) is 0 Å². The molecule has 1 aromatic heterocycles. The Bertz CT molecular complexity index is 855. The van der Waals surface area contributed by atoms with Gasteiger partial charge in [0.25, 0.3) is 5.56 Å². The van der Waals surface area contributed by atoms with Gasteiger partial charge in [-0.1, -0.05) is 30.3 Å². The van der Waals surface area contributed by atoms with E-state index in [0.29, 0.717) is 19.6 Å². The Hall–Kier alpha value is -2.38. The van der Waals surface area contributed by atoms with Crippen LogP contribution >= 0.6 is 12.4 Å². The molecule has 0 bridgehead atoms. The standard InChI is InChI=1S/C18H22N4O3.ClH/c19-15-6-9-20(10-7-15)17(24)13-22-16(23)8-11-21(18(22)25)12-14-4-2-1-3-5-14;/h1-5,8,11,15H,6-7,9-10,12-13,19H2;1H. The van der Waals surface area contributed by atoms with E-state index < -0.39 is 11.2 Å². The van der Waals surface area contributed by atoms with E-state index >= 15 is 0 Å². The second-order valence-electron chi connectivity index (χ2n) is 6.35. The summed E-state index contributed by atoms with van der Waals surface area (Å²) in [5.74, 6) is -0.219. The summed E-state index contributed by atoms with van der Waals surface area (Å²) in [4.78, 5) is 38.8. The maximum Gasteiger partial charge on any atom is 0.331 e. The molecule has 1 amide bonds. The summed E-state index contributed by atoms with van der Waals surface area (Å²) in [7, 11) is 0. The van der Waals surface area contributed by atoms with Gasteiger partial charge in [0.15, 0.2) is 0 Å². The first-order valence-corrected chi connectivity index (χ1v) is 8.42. The molecule has 0 spiro atoms. The number of halogens is 1. The van der Waals surface area contributed by atoms with Crippen LogP contribution in [0.3, 0.4) is 0 Å². The number of rotatable bonds is 4. The highest BCUT2D eigenvalue weighted by Crippen LogP contribution is 2.08. The van der Waals surface area contributed by atoms with Crippen LogP contribution in [0.5, 0.6) is 0 Å². The van der Waals surface area contributed by atoms with Gasteiger partial charge in [-0.2, -0.15) is 0 Å². The van der Waals surface area contributed by atoms with Gasteiger partial charge >= 0.3 is 5.69 Å². The van der Waals surface area contributed by atoms with Gasteiger partial charge in [-0.05, 0) is 18.4 Å². The molecule has 1 aromatic carbocycles. The first-order chi connectivity index (χ1) is 12.0. The molecule has 1 aliphatic heterocycles. The quantitative estimate of drug-likeness (QED) is 0.835. The van der Waals surface area contributed by atoms with Crippen LogP contribution < -0.4 is 17.0 Å². The summed E-state index contributed by atoms with van der Waals surface area (Å²) in [5, 5.41) is 0. The Morgan fingerprint density at radius 3 is 2.38 bits per heavy atom. The average molecular weight is 379 g/mol. The number of nitrogens with zero attached hydrogens (tertiary/aromatic N) is 3. The maximum atomic E-state index is 12.6. The predicted molar refractivity (Wildman–Crippen MR) is 102 cm³/mol. The number of benzene rings is 1. The third-order valence-electron chi connectivity index (χ3n) is 4.52. The van der Waals surface area contributed by atoms with Crippen LogP contribution in [0.4, 0.5) is 0 Å². The number of aromatic nitrogens is 2. The van der Waals surface area contributed by atoms with Crippen molar-refractivity contribution in [1.82, 2.24) is 14.0 Å². The number of likely N-dealkylation sites (tertiary alicyclic amines) is 1. The Labute approximate surface area is 157 Å². The second kappa shape index (κ2) is 8.82. The van der Waals surface area contributed by atoms with Crippen molar-refractivity contribution in [2.24, 2.45) is 5.73 Å². The molecule has 1 fully saturated rings. The molecule has 26 heavy (non-hydrogen) atoms. The van der Waals surface area contributed by atoms with E-state index in [0.717, 1.165) is 23.0 Å². The molecule has 2 aromatic rings. The topological polar surface area (TPSA) is 90.3 Å². The molecule has 0 atom stereocenters. The molecule has 2 N–H and O–H groups in total. The number of carbonyl (C=O) groups is 1. The molecular formula is C18H23ClN4O3. The van der Waals surface area contributed by atoms with E-state index in [9.17, 15) is 14.4 Å². The minimum Gasteiger partial charge on any atom is -0.341 e. The van der Waals surface area contributed by atoms with E-state index in [1.165, 1.54) is 16.8 Å². The summed E-state index contributed by atoms with van der Waals surface area (Å²) >= 11 is 0. The first kappa shape index (κ1) is 19.9. The van der Waals surface area contributed by atoms with Crippen LogP contribution in [0, 0.1) is 0 Å². The summed E-state index contributed by atoms with van der Waals surface area (Å²) in [6, 6.07) is 10.9. The number of carbonyl (C=O) groups excluding carboxylic acids is 1. The molecule has 0 aliphatic carbocycles. The molecule has 1 aliphatic rings. The van der Waals surface area contributed by atoms with Crippen molar-refractivity contribution in [2.75, 3.05) is 13.1 Å². The van der Waals surface area contributed by atoms with Crippen molar-refractivity contribution < 1.29 is 4.79 Å². The molecule has 0 saturated carbocycles. The number of piperidine rings is 1. The third kappa shape index (κ3) is 4.62. The highest BCUT2D eigenvalue weighted by atomic mass is 35.5. The summed E-state index contributed by atoms with van der Waals surface area (Å²) in [6.07, 6.45) is 2.96. The zero-order valence-electron chi connectivity index (χ0n) is 14.4. The Morgan fingerprint density at radius 1 is 1.08 bits per heavy atom. The van der Waals surface area contributed by atoms with Crippen LogP contribution in [-0.2, 0) is 17.9 Å². The van der Waals surface area contributed by atoms with E-state index in [-0.39, 0.29) is 30.9 Å². The van der Waals surface area contributed by atoms with Crippen molar-refractivity contribution in [3.8, 4) is 0 Å². The molecule has 1 saturated heterocycles. The van der Waals surface area contributed by atoms with E-state index in [2.05, 4.69) is 0 Å². The summed E-state index contributed by atoms with van der Waals surface area (Å²) < 4.78 is 2.44. The van der Waals surface area contributed by atoms with Crippen LogP contribution in [0.25, 0.3) is 0 Å². The lowest BCUT2D eigenvalue weighted by atomic mass is 10.1. The van der Waals surface area contributed by atoms with Gasteiger partial charge in [0.05, 0.1) is 6.54 Å². The highest BCUT2D eigenvalue weighted by molar-refractivity contribution is 5.85. The molecule has 3 rings (SSSR count). The fourth-order valence-electron chi connectivity index (χ4n) is 2.99. The van der Waals surface area contributed by atoms with Crippen LogP contribution in [0.15, 0.2) is 52.2 Å². The fraction of sp³-hybridized carbons (Fsp3) is 0.389. The van der Waals surface area contributed by atoms with Crippen molar-refractivity contribution >= 4 is 18.3 Å². The molecule has 8 heteroatoms. The zero-order valence-corrected chi connectivity index (χ0v) is 15.2. The lowest BCUT2D eigenvalue weighted by Gasteiger charge is -2.30. The molecule has 2 heterocycles. The number of amides is 1. The first-order valence-electron chi connectivity index (χ1n) is 8.42. The monoisotopic (exact) mass is 378 g/mol. The van der Waals surface area contributed by atoms with Gasteiger partial charge in [0, 0.05) is 31.4 Å². The lowest BCUT2D eigenvalue weighted by Crippen LogP contribution is -2.47. The highest BCUT2D eigenvalue weighted by Gasteiger charge is 2.21. The molecular weight excluding hydrogens is 356 g/mol. The van der Waals surface area contributed by atoms with Gasteiger partial charge in [-0.25, -0.2) is 4.79 Å². The SMILES string of the molecule is Cl.NC1CCN(C(=O)Cn2c(=O)ccn(Cc3ccccc3)c2=O)CC1. The van der Waals surface area contributed by atoms with Gasteiger partial charge in [-0.3, -0.25) is 18.7 Å². The number of hydrogen-bond acceptors (Lipinski definition) is 4. The van der Waals surface area contributed by atoms with Gasteiger partial charge in [0.1, 0.15) is 6.54 Å². The molecule has 7 nitrogen and oxygen atoms in total. The summed E-state index contributed by atoms with van der Waals surface area (Å²) in [5.41, 5.74) is 5.86. The third-order valence-corrected chi connectivity index (χ3v) is 4.52. The normalized spacial score (nSPS) is 14.7. The van der Waals surface area contributed by atoms with Crippen molar-refractivity contribution in [3.05, 3.63) is 69.0 Å². The second-order valence-corrected chi connectivity index (χ2v) is 6.35. The molecule has 0 unspecified atom stereocenters. The predicted octanol–water partition coefficient (Wildman–Crippen LogP) is 0.430. The number of nitrogens with two attached hydrogens (primary N) is 1. The lowest BCUT2D eigenvalue weighted by molar-refractivity contribution is -0.133. The Morgan fingerprint density at radius 2 is 1.73 bits per heavy atom. The van der Waals surface area contributed by atoms with Crippen molar-refractivity contribution in [3.63, 3.8) is 0 Å². The van der Waals surface area contributed by atoms with Crippen LogP contribution in [0.1, 0.15) is 18.4 Å². The van der Waals surface area contributed by atoms with Gasteiger partial charge in [-0.15, -0.1) is 12.4 Å². The number of hydrogen-bond donors (Lipinski definition) is 1. The van der Waals surface area contributed by atoms with E-state index in [1.54, 1.807) is 4.90 Å². The largest absolute Gasteiger partial charge is 0.341 e. The summed E-state index contributed by atoms with van der Waals surface area (Å²) in [6.45, 7) is 1.26. The molecule has 0 radical (unpaired) electrons. The Balaban J connectivity index is 0.00000243. The average Bonchev–Trinajstić information content (AvgIpc) is 2.62. The molecule has 140 valence electrons. The van der Waals surface area contributed by atoms with Gasteiger partial charge in [0.2, 0.25) is 5.91 Å². The van der Waals surface area contributed by atoms with Gasteiger partial charge < -0.3 is 10.6 Å². The Kier molecular flexibility index (Phi) is 6.76. The minimum atomic E-state index is -0.474. The minimum absolute atomic E-state index is 0. The zero-order chi connectivity index (χ0) is 17.8. The fourth-order valence-corrected chi connectivity index (χ4v) is 2.99.